The third kappa shape index (κ3) is 9.89. The molecular weight excluding hydrogens is 463 g/mol. The summed E-state index contributed by atoms with van der Waals surface area (Å²) in [5.74, 6) is 0.0185. The molecule has 1 amide bonds. The lowest BCUT2D eigenvalue weighted by Crippen LogP contribution is -2.22. The molecule has 8 heteroatoms. The van der Waals surface area contributed by atoms with Crippen LogP contribution >= 0.6 is 19.7 Å². The zero-order valence-electron chi connectivity index (χ0n) is 20.6. The molecule has 0 aliphatic heterocycles. The quantitative estimate of drug-likeness (QED) is 0.107. The van der Waals surface area contributed by atoms with E-state index in [1.165, 1.54) is 11.8 Å². The van der Waals surface area contributed by atoms with Crippen LogP contribution in [0.2, 0.25) is 0 Å². The van der Waals surface area contributed by atoms with Crippen LogP contribution in [0.25, 0.3) is 21.6 Å². The zero-order chi connectivity index (χ0) is 25.0. The minimum atomic E-state index is -0.228. The van der Waals surface area contributed by atoms with Gasteiger partial charge in [-0.1, -0.05) is 88.4 Å². The van der Waals surface area contributed by atoms with Gasteiger partial charge >= 0.3 is 0 Å². The Morgan fingerprint density at radius 2 is 1.76 bits per heavy atom. The highest BCUT2D eigenvalue weighted by molar-refractivity contribution is 8.17. The fraction of sp³-hybridized carbons (Fsp3) is 0.462. The number of hydrogen-bond donors (Lipinski definition) is 1. The van der Waals surface area contributed by atoms with Crippen molar-refractivity contribution in [2.75, 3.05) is 18.7 Å². The Labute approximate surface area is 208 Å². The molecule has 0 aromatic heterocycles. The topological polar surface area (TPSA) is 94.9 Å². The van der Waals surface area contributed by atoms with Crippen LogP contribution in [0.4, 0.5) is 0 Å². The van der Waals surface area contributed by atoms with Gasteiger partial charge in [-0.2, -0.15) is 0 Å². The van der Waals surface area contributed by atoms with Gasteiger partial charge in [-0.3, -0.25) is 9.59 Å². The van der Waals surface area contributed by atoms with E-state index in [1.54, 1.807) is 0 Å². The Morgan fingerprint density at radius 1 is 1.06 bits per heavy atom. The highest BCUT2D eigenvalue weighted by Crippen LogP contribution is 2.48. The smallest absolute Gasteiger partial charge is 0.220 e. The number of nitrogens with zero attached hydrogens (tertiary/aromatic N) is 3. The van der Waals surface area contributed by atoms with E-state index in [-0.39, 0.29) is 24.1 Å². The minimum absolute atomic E-state index is 0.0185. The van der Waals surface area contributed by atoms with Crippen molar-refractivity contribution in [3.63, 3.8) is 0 Å². The molecule has 1 N–H and O–H groups in total. The van der Waals surface area contributed by atoms with E-state index in [9.17, 15) is 9.59 Å². The predicted octanol–water partition coefficient (Wildman–Crippen LogP) is 7.58. The van der Waals surface area contributed by atoms with Gasteiger partial charge in [0, 0.05) is 35.5 Å². The SMILES string of the molecule is CP(CSC(=O)c1cccc(-c2cccc(CNC(=O)CCCCCN=[N+]=[N-])c2)c1)C(C)(C)C. The van der Waals surface area contributed by atoms with E-state index in [0.29, 0.717) is 19.5 Å². The van der Waals surface area contributed by atoms with Gasteiger partial charge in [0.05, 0.1) is 0 Å². The van der Waals surface area contributed by atoms with E-state index >= 15 is 0 Å². The molecule has 0 fully saturated rings. The maximum absolute atomic E-state index is 12.8. The van der Waals surface area contributed by atoms with E-state index < -0.39 is 0 Å². The number of amides is 1. The van der Waals surface area contributed by atoms with Crippen molar-refractivity contribution in [3.8, 4) is 11.1 Å². The van der Waals surface area contributed by atoms with Gasteiger partial charge in [0.15, 0.2) is 0 Å². The molecule has 2 aromatic rings. The number of thioether (sulfide) groups is 1. The van der Waals surface area contributed by atoms with Crippen LogP contribution in [0.15, 0.2) is 53.6 Å². The lowest BCUT2D eigenvalue weighted by Gasteiger charge is -2.27. The summed E-state index contributed by atoms with van der Waals surface area (Å²) in [7, 11) is -0.228. The second kappa shape index (κ2) is 14.2. The Bertz CT molecular complexity index is 1020. The molecule has 0 saturated heterocycles. The van der Waals surface area contributed by atoms with Crippen LogP contribution in [-0.2, 0) is 11.3 Å². The van der Waals surface area contributed by atoms with Crippen LogP contribution in [0, 0.1) is 0 Å². The number of carbonyl (C=O) groups excluding carboxylic acids is 2. The average Bonchev–Trinajstić information content (AvgIpc) is 2.82. The van der Waals surface area contributed by atoms with E-state index in [4.69, 9.17) is 5.53 Å². The number of nitrogens with one attached hydrogen (secondary N) is 1. The van der Waals surface area contributed by atoms with Crippen LogP contribution in [0.3, 0.4) is 0 Å². The number of unbranched alkanes of at least 4 members (excludes halogenated alkanes) is 2. The van der Waals surface area contributed by atoms with Gasteiger partial charge in [-0.15, -0.1) is 0 Å². The van der Waals surface area contributed by atoms with Crippen molar-refractivity contribution in [1.82, 2.24) is 5.32 Å². The molecule has 34 heavy (non-hydrogen) atoms. The van der Waals surface area contributed by atoms with Gasteiger partial charge in [0.1, 0.15) is 0 Å². The molecule has 182 valence electrons. The maximum Gasteiger partial charge on any atom is 0.220 e. The van der Waals surface area contributed by atoms with Gasteiger partial charge in [0.25, 0.3) is 0 Å². The summed E-state index contributed by atoms with van der Waals surface area (Å²) in [5.41, 5.74) is 12.9. The van der Waals surface area contributed by atoms with Gasteiger partial charge in [0.2, 0.25) is 11.0 Å². The molecule has 2 rings (SSSR count). The Morgan fingerprint density at radius 3 is 2.47 bits per heavy atom. The lowest BCUT2D eigenvalue weighted by molar-refractivity contribution is -0.121. The lowest BCUT2D eigenvalue weighted by atomic mass is 10.0. The van der Waals surface area contributed by atoms with Crippen molar-refractivity contribution in [2.45, 2.75) is 58.2 Å². The first-order valence-electron chi connectivity index (χ1n) is 11.6. The summed E-state index contributed by atoms with van der Waals surface area (Å²) < 4.78 is 0. The Hall–Kier alpha value is -2.33. The van der Waals surface area contributed by atoms with Crippen molar-refractivity contribution in [2.24, 2.45) is 5.11 Å². The molecule has 0 saturated carbocycles. The second-order valence-electron chi connectivity index (χ2n) is 9.25. The third-order valence-corrected chi connectivity index (χ3v) is 10.5. The minimum Gasteiger partial charge on any atom is -0.352 e. The fourth-order valence-electron chi connectivity index (χ4n) is 3.10. The fourth-order valence-corrected chi connectivity index (χ4v) is 6.18. The summed E-state index contributed by atoms with van der Waals surface area (Å²) >= 11 is 1.42. The molecule has 0 aliphatic carbocycles. The van der Waals surface area contributed by atoms with Crippen LogP contribution in [-0.4, -0.2) is 34.9 Å². The largest absolute Gasteiger partial charge is 0.352 e. The van der Waals surface area contributed by atoms with Crippen molar-refractivity contribution in [1.29, 1.82) is 0 Å². The van der Waals surface area contributed by atoms with Gasteiger partial charge in [-0.25, -0.2) is 0 Å². The van der Waals surface area contributed by atoms with Crippen LogP contribution in [0.5, 0.6) is 0 Å². The predicted molar refractivity (Wildman–Crippen MR) is 146 cm³/mol. The standard InChI is InChI=1S/C26H35N4O2PS/c1-26(2,3)33(4)19-34-25(32)23-13-9-12-22(17-23)21-11-8-10-20(16-21)18-28-24(31)14-6-5-7-15-29-30-27/h8-13,16-17H,5-7,14-15,18-19H2,1-4H3,(H,28,31). The molecule has 0 aliphatic rings. The first-order valence-corrected chi connectivity index (χ1v) is 14.5. The molecule has 6 nitrogen and oxygen atoms in total. The van der Waals surface area contributed by atoms with Crippen molar-refractivity contribution in [3.05, 3.63) is 70.1 Å². The number of hydrogen-bond acceptors (Lipinski definition) is 4. The molecule has 0 bridgehead atoms. The van der Waals surface area contributed by atoms with E-state index in [0.717, 1.165) is 47.0 Å². The first kappa shape index (κ1) is 27.9. The van der Waals surface area contributed by atoms with Gasteiger partial charge < -0.3 is 5.32 Å². The molecule has 0 radical (unpaired) electrons. The number of benzene rings is 2. The van der Waals surface area contributed by atoms with Crippen molar-refractivity contribution < 1.29 is 9.59 Å². The monoisotopic (exact) mass is 498 g/mol. The average molecular weight is 499 g/mol. The van der Waals surface area contributed by atoms with E-state index in [1.807, 2.05) is 42.5 Å². The summed E-state index contributed by atoms with van der Waals surface area (Å²) in [6.45, 7) is 9.89. The molecular formula is C26H35N4O2PS. The maximum atomic E-state index is 12.8. The molecule has 1 unspecified atom stereocenters. The Balaban J connectivity index is 1.92. The molecule has 0 spiro atoms. The molecule has 0 heterocycles. The number of azide groups is 1. The highest BCUT2D eigenvalue weighted by Gasteiger charge is 2.21. The first-order chi connectivity index (χ1) is 16.2. The molecule has 2 aromatic carbocycles. The Kier molecular flexibility index (Phi) is 11.6. The second-order valence-corrected chi connectivity index (χ2v) is 13.7. The third-order valence-electron chi connectivity index (χ3n) is 5.61. The summed E-state index contributed by atoms with van der Waals surface area (Å²) in [4.78, 5) is 27.6. The normalized spacial score (nSPS) is 12.0. The van der Waals surface area contributed by atoms with E-state index in [2.05, 4.69) is 48.8 Å². The van der Waals surface area contributed by atoms with Crippen LogP contribution in [0.1, 0.15) is 62.4 Å². The van der Waals surface area contributed by atoms with Crippen molar-refractivity contribution >= 4 is 30.7 Å². The molecule has 1 atom stereocenters. The van der Waals surface area contributed by atoms with Crippen LogP contribution < -0.4 is 5.32 Å². The highest BCUT2D eigenvalue weighted by atomic mass is 32.2. The zero-order valence-corrected chi connectivity index (χ0v) is 22.3. The number of carbonyl (C=O) groups is 2. The summed E-state index contributed by atoms with van der Waals surface area (Å²) in [6.07, 6.45) is 2.91. The summed E-state index contributed by atoms with van der Waals surface area (Å²) in [5, 5.41) is 6.83. The van der Waals surface area contributed by atoms with Gasteiger partial charge in [-0.05, 0) is 59.0 Å². The summed E-state index contributed by atoms with van der Waals surface area (Å²) in [6, 6.07) is 15.8. The number of rotatable bonds is 12.